The lowest BCUT2D eigenvalue weighted by Crippen LogP contribution is -2.56. The number of carbonyl (C=O) groups excluding carboxylic acids is 2. The first-order chi connectivity index (χ1) is 16.8. The summed E-state index contributed by atoms with van der Waals surface area (Å²) in [4.78, 5) is 28.8. The van der Waals surface area contributed by atoms with E-state index >= 15 is 0 Å². The van der Waals surface area contributed by atoms with E-state index in [-0.39, 0.29) is 11.3 Å². The summed E-state index contributed by atoms with van der Waals surface area (Å²) in [5.74, 6) is -2.55. The first kappa shape index (κ1) is 23.2. The highest BCUT2D eigenvalue weighted by Crippen LogP contribution is 2.41. The molecule has 2 aromatic rings. The largest absolute Gasteiger partial charge is 0.406 e. The minimum Gasteiger partial charge on any atom is -0.370 e. The van der Waals surface area contributed by atoms with Crippen molar-refractivity contribution in [3.63, 3.8) is 0 Å². The number of hydrazine groups is 1. The Bertz CT molecular complexity index is 1160. The third-order valence-corrected chi connectivity index (χ3v) is 6.79. The lowest BCUT2D eigenvalue weighted by atomic mass is 9.89. The molecule has 0 aromatic heterocycles. The van der Waals surface area contributed by atoms with Gasteiger partial charge in [-0.25, -0.2) is 10.4 Å². The van der Waals surface area contributed by atoms with E-state index in [1.54, 1.807) is 49.4 Å². The number of benzene rings is 2. The van der Waals surface area contributed by atoms with Crippen LogP contribution < -0.4 is 21.0 Å². The van der Waals surface area contributed by atoms with Gasteiger partial charge in [0.1, 0.15) is 17.8 Å². The number of fused-ring (bicyclic) bond motifs is 1. The summed E-state index contributed by atoms with van der Waals surface area (Å²) >= 11 is 0. The standard InChI is InChI=1S/C25H26F3N5O2/c1-15-19(23(34)30-17-11-5-6-12-18(17)32-13-7-8-14-32)24(35)33-22(29-15)20(16-9-3-2-4-10-16)21(31-33)25(26,27)28/h2-6,9-12,20-22,29,31H,7-8,13-14H2,1H3,(H,30,34). The molecule has 35 heavy (non-hydrogen) atoms. The van der Waals surface area contributed by atoms with Gasteiger partial charge in [0.2, 0.25) is 0 Å². The van der Waals surface area contributed by atoms with Crippen LogP contribution in [0.3, 0.4) is 0 Å². The van der Waals surface area contributed by atoms with E-state index in [9.17, 15) is 22.8 Å². The summed E-state index contributed by atoms with van der Waals surface area (Å²) in [7, 11) is 0. The monoisotopic (exact) mass is 485 g/mol. The number of allylic oxidation sites excluding steroid dienone is 1. The fourth-order valence-corrected chi connectivity index (χ4v) is 5.16. The quantitative estimate of drug-likeness (QED) is 0.578. The third-order valence-electron chi connectivity index (χ3n) is 6.79. The Labute approximate surface area is 200 Å². The molecule has 3 aliphatic heterocycles. The molecule has 3 atom stereocenters. The Morgan fingerprint density at radius 1 is 1.03 bits per heavy atom. The van der Waals surface area contributed by atoms with Crippen molar-refractivity contribution >= 4 is 23.2 Å². The van der Waals surface area contributed by atoms with Gasteiger partial charge in [-0.15, -0.1) is 0 Å². The molecule has 0 bridgehead atoms. The molecule has 184 valence electrons. The molecule has 5 rings (SSSR count). The van der Waals surface area contributed by atoms with E-state index in [1.165, 1.54) is 0 Å². The average Bonchev–Trinajstić information content (AvgIpc) is 3.48. The summed E-state index contributed by atoms with van der Waals surface area (Å²) in [5, 5.41) is 6.71. The second kappa shape index (κ2) is 8.92. The Kier molecular flexibility index (Phi) is 5.92. The van der Waals surface area contributed by atoms with Crippen LogP contribution in [0.1, 0.15) is 31.2 Å². The minimum absolute atomic E-state index is 0.223. The normalized spacial score (nSPS) is 24.5. The highest BCUT2D eigenvalue weighted by molar-refractivity contribution is 6.24. The lowest BCUT2D eigenvalue weighted by Gasteiger charge is -2.34. The zero-order valence-electron chi connectivity index (χ0n) is 19.1. The molecular weight excluding hydrogens is 459 g/mol. The molecule has 2 fully saturated rings. The molecule has 2 aromatic carbocycles. The van der Waals surface area contributed by atoms with Gasteiger partial charge in [0.25, 0.3) is 11.8 Å². The van der Waals surface area contributed by atoms with Crippen LogP contribution in [0.15, 0.2) is 65.9 Å². The fraction of sp³-hybridized carbons (Fsp3) is 0.360. The highest BCUT2D eigenvalue weighted by atomic mass is 19.4. The zero-order chi connectivity index (χ0) is 24.7. The van der Waals surface area contributed by atoms with Crippen molar-refractivity contribution in [3.05, 3.63) is 71.4 Å². The molecular formula is C25H26F3N5O2. The first-order valence-corrected chi connectivity index (χ1v) is 11.6. The van der Waals surface area contributed by atoms with E-state index in [2.05, 4.69) is 21.0 Å². The number of hydrogen-bond donors (Lipinski definition) is 3. The van der Waals surface area contributed by atoms with Crippen molar-refractivity contribution < 1.29 is 22.8 Å². The molecule has 3 aliphatic rings. The van der Waals surface area contributed by atoms with Crippen molar-refractivity contribution in [3.8, 4) is 0 Å². The van der Waals surface area contributed by atoms with Gasteiger partial charge < -0.3 is 15.5 Å². The maximum atomic E-state index is 14.0. The Morgan fingerprint density at radius 3 is 2.37 bits per heavy atom. The van der Waals surface area contributed by atoms with Crippen LogP contribution >= 0.6 is 0 Å². The van der Waals surface area contributed by atoms with Gasteiger partial charge in [-0.3, -0.25) is 9.59 Å². The van der Waals surface area contributed by atoms with E-state index in [0.717, 1.165) is 36.6 Å². The van der Waals surface area contributed by atoms with E-state index in [1.807, 2.05) is 12.1 Å². The van der Waals surface area contributed by atoms with Crippen molar-refractivity contribution in [2.45, 2.75) is 44.1 Å². The molecule has 0 aliphatic carbocycles. The predicted molar refractivity (Wildman–Crippen MR) is 125 cm³/mol. The second-order valence-corrected chi connectivity index (χ2v) is 9.01. The molecule has 3 unspecified atom stereocenters. The maximum Gasteiger partial charge on any atom is 0.406 e. The molecule has 3 heterocycles. The van der Waals surface area contributed by atoms with E-state index in [0.29, 0.717) is 11.3 Å². The van der Waals surface area contributed by atoms with Crippen LogP contribution in [-0.2, 0) is 9.59 Å². The van der Waals surface area contributed by atoms with Crippen molar-refractivity contribution in [1.29, 1.82) is 0 Å². The number of amides is 2. The van der Waals surface area contributed by atoms with Gasteiger partial charge in [-0.05, 0) is 37.5 Å². The van der Waals surface area contributed by atoms with Gasteiger partial charge in [-0.1, -0.05) is 42.5 Å². The van der Waals surface area contributed by atoms with Crippen molar-refractivity contribution in [2.24, 2.45) is 0 Å². The Balaban J connectivity index is 1.44. The molecule has 0 spiro atoms. The van der Waals surface area contributed by atoms with Crippen LogP contribution in [0.2, 0.25) is 0 Å². The number of nitrogens with one attached hydrogen (secondary N) is 3. The average molecular weight is 486 g/mol. The van der Waals surface area contributed by atoms with Crippen LogP contribution in [0.4, 0.5) is 24.5 Å². The van der Waals surface area contributed by atoms with Gasteiger partial charge in [0.15, 0.2) is 0 Å². The van der Waals surface area contributed by atoms with Gasteiger partial charge in [0, 0.05) is 18.8 Å². The van der Waals surface area contributed by atoms with Crippen LogP contribution in [0.5, 0.6) is 0 Å². The number of carbonyl (C=O) groups is 2. The minimum atomic E-state index is -4.61. The smallest absolute Gasteiger partial charge is 0.370 e. The Hall–Kier alpha value is -3.53. The molecule has 3 N–H and O–H groups in total. The van der Waals surface area contributed by atoms with Crippen molar-refractivity contribution in [1.82, 2.24) is 15.8 Å². The number of hydrogen-bond acceptors (Lipinski definition) is 5. The summed E-state index contributed by atoms with van der Waals surface area (Å²) in [6.07, 6.45) is -3.49. The van der Waals surface area contributed by atoms with E-state index < -0.39 is 36.1 Å². The topological polar surface area (TPSA) is 76.7 Å². The summed E-state index contributed by atoms with van der Waals surface area (Å²) in [5.41, 5.74) is 4.19. The number of alkyl halides is 3. The summed E-state index contributed by atoms with van der Waals surface area (Å²) in [6.45, 7) is 3.28. The van der Waals surface area contributed by atoms with Gasteiger partial charge in [0.05, 0.1) is 17.3 Å². The van der Waals surface area contributed by atoms with Crippen LogP contribution in [-0.4, -0.2) is 48.3 Å². The maximum absolute atomic E-state index is 14.0. The number of para-hydroxylation sites is 2. The number of anilines is 2. The number of halogens is 3. The zero-order valence-corrected chi connectivity index (χ0v) is 19.1. The second-order valence-electron chi connectivity index (χ2n) is 9.01. The van der Waals surface area contributed by atoms with Gasteiger partial charge in [-0.2, -0.15) is 13.2 Å². The predicted octanol–water partition coefficient (Wildman–Crippen LogP) is 3.49. The highest BCUT2D eigenvalue weighted by Gasteiger charge is 2.58. The molecule has 2 saturated heterocycles. The SMILES string of the molecule is CC1=C(C(=O)Nc2ccccc2N2CCCC2)C(=O)N2NC(C(F)(F)F)C(c3ccccc3)C2N1. The van der Waals surface area contributed by atoms with Crippen LogP contribution in [0, 0.1) is 0 Å². The molecule has 0 radical (unpaired) electrons. The molecule has 10 heteroatoms. The molecule has 0 saturated carbocycles. The summed E-state index contributed by atoms with van der Waals surface area (Å²) in [6, 6.07) is 13.6. The first-order valence-electron chi connectivity index (χ1n) is 11.6. The molecule has 2 amide bonds. The lowest BCUT2D eigenvalue weighted by molar-refractivity contribution is -0.161. The van der Waals surface area contributed by atoms with Crippen molar-refractivity contribution in [2.75, 3.05) is 23.3 Å². The third kappa shape index (κ3) is 4.22. The Morgan fingerprint density at radius 2 is 1.69 bits per heavy atom. The van der Waals surface area contributed by atoms with Gasteiger partial charge >= 0.3 is 6.18 Å². The fourth-order valence-electron chi connectivity index (χ4n) is 5.16. The van der Waals surface area contributed by atoms with E-state index in [4.69, 9.17) is 0 Å². The number of rotatable bonds is 4. The summed E-state index contributed by atoms with van der Waals surface area (Å²) < 4.78 is 41.9. The van der Waals surface area contributed by atoms with Crippen LogP contribution in [0.25, 0.3) is 0 Å². The number of nitrogens with zero attached hydrogens (tertiary/aromatic N) is 2. The molecule has 7 nitrogen and oxygen atoms in total.